The van der Waals surface area contributed by atoms with Gasteiger partial charge in [-0.3, -0.25) is 9.79 Å². The molecule has 3 N–H and O–H groups in total. The summed E-state index contributed by atoms with van der Waals surface area (Å²) in [6.07, 6.45) is 0.0700. The first-order chi connectivity index (χ1) is 11.1. The number of hydrogen-bond acceptors (Lipinski definition) is 5. The van der Waals surface area contributed by atoms with Crippen molar-refractivity contribution in [3.8, 4) is 6.07 Å². The summed E-state index contributed by atoms with van der Waals surface area (Å²) in [6, 6.07) is 13.6. The van der Waals surface area contributed by atoms with Crippen LogP contribution in [0.2, 0.25) is 0 Å². The number of carbonyl (C=O) groups is 1. The van der Waals surface area contributed by atoms with E-state index in [0.29, 0.717) is 28.2 Å². The first-order valence-corrected chi connectivity index (χ1v) is 6.95. The zero-order valence-electron chi connectivity index (χ0n) is 12.0. The van der Waals surface area contributed by atoms with Crippen LogP contribution in [0.5, 0.6) is 0 Å². The van der Waals surface area contributed by atoms with Crippen molar-refractivity contribution >= 4 is 35.6 Å². The maximum Gasteiger partial charge on any atom is 0.488 e. The second-order valence-corrected chi connectivity index (χ2v) is 5.13. The van der Waals surface area contributed by atoms with Crippen LogP contribution in [0.4, 0.5) is 11.4 Å². The number of rotatable bonds is 2. The molecule has 0 unspecified atom stereocenters. The molecule has 7 heteroatoms. The predicted octanol–water partition coefficient (Wildman–Crippen LogP) is 0.701. The van der Waals surface area contributed by atoms with Crippen molar-refractivity contribution in [1.82, 2.24) is 0 Å². The average Bonchev–Trinajstić information content (AvgIpc) is 2.72. The van der Waals surface area contributed by atoms with Gasteiger partial charge in [0, 0.05) is 0 Å². The molecular formula is C16H12BN3O3. The highest BCUT2D eigenvalue weighted by Gasteiger charge is 2.20. The number of nitriles is 1. The van der Waals surface area contributed by atoms with Gasteiger partial charge in [-0.25, -0.2) is 0 Å². The van der Waals surface area contributed by atoms with Gasteiger partial charge in [0.15, 0.2) is 0 Å². The summed E-state index contributed by atoms with van der Waals surface area (Å²) in [5.74, 6) is -0.255. The van der Waals surface area contributed by atoms with E-state index >= 15 is 0 Å². The molecule has 1 aliphatic rings. The lowest BCUT2D eigenvalue weighted by Gasteiger charge is -2.07. The van der Waals surface area contributed by atoms with Crippen molar-refractivity contribution in [2.24, 2.45) is 4.99 Å². The van der Waals surface area contributed by atoms with Crippen LogP contribution in [0.3, 0.4) is 0 Å². The summed E-state index contributed by atoms with van der Waals surface area (Å²) in [5.41, 5.74) is 2.97. The number of hydrogen-bond donors (Lipinski definition) is 3. The molecule has 6 nitrogen and oxygen atoms in total. The first-order valence-electron chi connectivity index (χ1n) is 6.95. The fraction of sp³-hybridized carbons (Fsp3) is 0.0625. The highest BCUT2D eigenvalue weighted by Crippen LogP contribution is 2.28. The van der Waals surface area contributed by atoms with Crippen LogP contribution in [0.25, 0.3) is 0 Å². The molecule has 1 aliphatic heterocycles. The maximum atomic E-state index is 12.1. The summed E-state index contributed by atoms with van der Waals surface area (Å²) in [5, 5.41) is 30.1. The topological polar surface area (TPSA) is 106 Å². The zero-order chi connectivity index (χ0) is 16.4. The third-order valence-electron chi connectivity index (χ3n) is 3.50. The van der Waals surface area contributed by atoms with Crippen LogP contribution >= 0.6 is 0 Å². The van der Waals surface area contributed by atoms with Crippen LogP contribution in [-0.2, 0) is 4.79 Å². The SMILES string of the molecule is N#Cc1cccc(C2=Nc3ccc(B(O)O)cc3NC(=O)C2)c1. The highest BCUT2D eigenvalue weighted by molar-refractivity contribution is 6.58. The van der Waals surface area contributed by atoms with Crippen molar-refractivity contribution in [2.75, 3.05) is 5.32 Å². The quantitative estimate of drug-likeness (QED) is 0.710. The number of aliphatic imine (C=N–C) groups is 1. The number of nitrogens with zero attached hydrogens (tertiary/aromatic N) is 2. The Kier molecular flexibility index (Phi) is 3.93. The van der Waals surface area contributed by atoms with E-state index in [1.807, 2.05) is 0 Å². The second kappa shape index (κ2) is 6.05. The Balaban J connectivity index is 2.08. The molecule has 112 valence electrons. The van der Waals surface area contributed by atoms with Gasteiger partial charge in [-0.2, -0.15) is 5.26 Å². The lowest BCUT2D eigenvalue weighted by molar-refractivity contribution is -0.115. The van der Waals surface area contributed by atoms with Gasteiger partial charge in [0.2, 0.25) is 5.91 Å². The smallest absolute Gasteiger partial charge is 0.423 e. The largest absolute Gasteiger partial charge is 0.488 e. The monoisotopic (exact) mass is 305 g/mol. The molecule has 0 aromatic heterocycles. The average molecular weight is 305 g/mol. The van der Waals surface area contributed by atoms with Gasteiger partial charge in [0.25, 0.3) is 0 Å². The highest BCUT2D eigenvalue weighted by atomic mass is 16.4. The minimum Gasteiger partial charge on any atom is -0.423 e. The van der Waals surface area contributed by atoms with Gasteiger partial charge < -0.3 is 15.4 Å². The molecule has 0 atom stereocenters. The Morgan fingerprint density at radius 1 is 1.22 bits per heavy atom. The fourth-order valence-electron chi connectivity index (χ4n) is 2.38. The summed E-state index contributed by atoms with van der Waals surface area (Å²) < 4.78 is 0. The zero-order valence-corrected chi connectivity index (χ0v) is 12.0. The number of carbonyl (C=O) groups excluding carboxylic acids is 1. The molecule has 0 bridgehead atoms. The van der Waals surface area contributed by atoms with Crippen molar-refractivity contribution in [3.63, 3.8) is 0 Å². The molecule has 1 heterocycles. The van der Waals surface area contributed by atoms with Crippen LogP contribution in [-0.4, -0.2) is 28.8 Å². The van der Waals surface area contributed by atoms with Crippen LogP contribution in [0.15, 0.2) is 47.5 Å². The molecule has 3 rings (SSSR count). The summed E-state index contributed by atoms with van der Waals surface area (Å²) in [6.45, 7) is 0. The third kappa shape index (κ3) is 3.13. The van der Waals surface area contributed by atoms with E-state index in [9.17, 15) is 14.8 Å². The molecular weight excluding hydrogens is 293 g/mol. The van der Waals surface area contributed by atoms with Crippen molar-refractivity contribution in [2.45, 2.75) is 6.42 Å². The lowest BCUT2D eigenvalue weighted by atomic mass is 9.80. The van der Waals surface area contributed by atoms with Gasteiger partial charge in [-0.05, 0) is 35.3 Å². The van der Waals surface area contributed by atoms with Crippen LogP contribution in [0, 0.1) is 11.3 Å². The van der Waals surface area contributed by atoms with Gasteiger partial charge >= 0.3 is 7.12 Å². The molecule has 0 radical (unpaired) electrons. The fourth-order valence-corrected chi connectivity index (χ4v) is 2.38. The molecule has 2 aromatic rings. The molecule has 2 aromatic carbocycles. The molecule has 0 aliphatic carbocycles. The Labute approximate surface area is 132 Å². The Morgan fingerprint density at radius 2 is 2.04 bits per heavy atom. The molecule has 1 amide bonds. The van der Waals surface area contributed by atoms with E-state index in [-0.39, 0.29) is 17.8 Å². The number of benzene rings is 2. The number of nitrogens with one attached hydrogen (secondary N) is 1. The number of fused-ring (bicyclic) bond motifs is 1. The van der Waals surface area contributed by atoms with Gasteiger partial charge in [0.05, 0.1) is 35.1 Å². The van der Waals surface area contributed by atoms with Crippen LogP contribution in [0.1, 0.15) is 17.5 Å². The lowest BCUT2D eigenvalue weighted by Crippen LogP contribution is -2.30. The van der Waals surface area contributed by atoms with E-state index in [4.69, 9.17) is 5.26 Å². The molecule has 23 heavy (non-hydrogen) atoms. The third-order valence-corrected chi connectivity index (χ3v) is 3.50. The molecule has 0 fully saturated rings. The first kappa shape index (κ1) is 15.0. The molecule has 0 spiro atoms. The van der Waals surface area contributed by atoms with Crippen LogP contribution < -0.4 is 10.8 Å². The second-order valence-electron chi connectivity index (χ2n) is 5.13. The Bertz CT molecular complexity index is 856. The van der Waals surface area contributed by atoms with Crippen molar-refractivity contribution < 1.29 is 14.8 Å². The minimum absolute atomic E-state index is 0.0700. The predicted molar refractivity (Wildman–Crippen MR) is 86.9 cm³/mol. The van der Waals surface area contributed by atoms with E-state index in [2.05, 4.69) is 16.4 Å². The van der Waals surface area contributed by atoms with Crippen molar-refractivity contribution in [3.05, 3.63) is 53.6 Å². The van der Waals surface area contributed by atoms with Gasteiger partial charge in [-0.1, -0.05) is 18.2 Å². The Hall–Kier alpha value is -2.95. The normalized spacial score (nSPS) is 13.3. The molecule has 0 saturated heterocycles. The maximum absolute atomic E-state index is 12.1. The number of anilines is 1. The van der Waals surface area contributed by atoms with E-state index in [0.717, 1.165) is 0 Å². The van der Waals surface area contributed by atoms with E-state index < -0.39 is 7.12 Å². The summed E-state index contributed by atoms with van der Waals surface area (Å²) in [7, 11) is -1.61. The minimum atomic E-state index is -1.61. The summed E-state index contributed by atoms with van der Waals surface area (Å²) >= 11 is 0. The van der Waals surface area contributed by atoms with E-state index in [1.54, 1.807) is 30.3 Å². The van der Waals surface area contributed by atoms with E-state index in [1.165, 1.54) is 12.1 Å². The molecule has 0 saturated carbocycles. The van der Waals surface area contributed by atoms with Crippen molar-refractivity contribution in [1.29, 1.82) is 5.26 Å². The Morgan fingerprint density at radius 3 is 2.78 bits per heavy atom. The standard InChI is InChI=1S/C16H12BN3O3/c18-9-10-2-1-3-11(6-10)14-8-16(21)20-15-7-12(17(22)23)4-5-13(15)19-14/h1-7,22-23H,8H2,(H,20,21). The number of amides is 1. The summed E-state index contributed by atoms with van der Waals surface area (Å²) in [4.78, 5) is 16.6. The van der Waals surface area contributed by atoms with Gasteiger partial charge in [-0.15, -0.1) is 0 Å². The van der Waals surface area contributed by atoms with Gasteiger partial charge in [0.1, 0.15) is 0 Å².